The van der Waals surface area contributed by atoms with E-state index < -0.39 is 6.10 Å². The van der Waals surface area contributed by atoms with Crippen LogP contribution in [-0.4, -0.2) is 12.2 Å². The van der Waals surface area contributed by atoms with Gasteiger partial charge in [-0.05, 0) is 35.6 Å². The fraction of sp³-hybridized carbons (Fsp3) is 0.294. The van der Waals surface area contributed by atoms with Crippen LogP contribution in [-0.2, 0) is 6.42 Å². The Morgan fingerprint density at radius 3 is 2.58 bits per heavy atom. The second kappa shape index (κ2) is 5.06. The van der Waals surface area contributed by atoms with Gasteiger partial charge in [-0.3, -0.25) is 0 Å². The van der Waals surface area contributed by atoms with Gasteiger partial charge in [0.05, 0.1) is 13.2 Å². The third kappa shape index (κ3) is 2.13. The van der Waals surface area contributed by atoms with Gasteiger partial charge in [0.15, 0.2) is 0 Å². The van der Waals surface area contributed by atoms with Crippen LogP contribution in [0.1, 0.15) is 35.1 Å². The van der Waals surface area contributed by atoms with E-state index in [4.69, 9.17) is 4.74 Å². The Hall–Kier alpha value is -1.80. The molecule has 98 valence electrons. The maximum atomic E-state index is 10.6. The number of methoxy groups -OCH3 is 1. The van der Waals surface area contributed by atoms with Crippen LogP contribution in [0.15, 0.2) is 48.5 Å². The number of benzene rings is 2. The van der Waals surface area contributed by atoms with Crippen LogP contribution in [0.3, 0.4) is 0 Å². The summed E-state index contributed by atoms with van der Waals surface area (Å²) in [6.07, 6.45) is 1.47. The third-order valence-electron chi connectivity index (χ3n) is 4.02. The van der Waals surface area contributed by atoms with Crippen molar-refractivity contribution in [2.24, 2.45) is 0 Å². The number of hydrogen-bond acceptors (Lipinski definition) is 2. The summed E-state index contributed by atoms with van der Waals surface area (Å²) in [7, 11) is 1.69. The van der Waals surface area contributed by atoms with E-state index in [1.807, 2.05) is 36.4 Å². The Kier molecular flexibility index (Phi) is 3.26. The van der Waals surface area contributed by atoms with Gasteiger partial charge in [-0.2, -0.15) is 0 Å². The lowest BCUT2D eigenvalue weighted by Gasteiger charge is -2.31. The molecule has 0 aliphatic heterocycles. The molecule has 0 amide bonds. The Balaban J connectivity index is 1.99. The van der Waals surface area contributed by atoms with E-state index in [-0.39, 0.29) is 5.92 Å². The summed E-state index contributed by atoms with van der Waals surface area (Å²) >= 11 is 0. The largest absolute Gasteiger partial charge is 0.496 e. The van der Waals surface area contributed by atoms with Crippen molar-refractivity contribution in [2.45, 2.75) is 24.9 Å². The molecule has 0 fully saturated rings. The molecular formula is C17H18O2. The molecule has 0 saturated heterocycles. The molecule has 1 N–H and O–H groups in total. The Morgan fingerprint density at radius 2 is 1.84 bits per heavy atom. The molecule has 2 atom stereocenters. The minimum Gasteiger partial charge on any atom is -0.496 e. The van der Waals surface area contributed by atoms with E-state index in [0.29, 0.717) is 0 Å². The predicted octanol–water partition coefficient (Wildman–Crippen LogP) is 3.46. The lowest BCUT2D eigenvalue weighted by molar-refractivity contribution is 0.131. The van der Waals surface area contributed by atoms with Gasteiger partial charge in [-0.1, -0.05) is 42.5 Å². The average Bonchev–Trinajstić information content (AvgIpc) is 2.48. The standard InChI is InChI=1S/C17H18O2/c1-19-16-9-5-8-15-14(16)11-10-13(17(15)18)12-6-3-2-4-7-12/h2-9,13,17-18H,10-11H2,1H3/t13-,17+/m1/s1. The van der Waals surface area contributed by atoms with Gasteiger partial charge in [-0.15, -0.1) is 0 Å². The summed E-state index contributed by atoms with van der Waals surface area (Å²) in [6, 6.07) is 16.2. The number of fused-ring (bicyclic) bond motifs is 1. The molecule has 1 aliphatic rings. The molecule has 0 bridgehead atoms. The molecule has 2 nitrogen and oxygen atoms in total. The first kappa shape index (κ1) is 12.2. The molecular weight excluding hydrogens is 236 g/mol. The Bertz CT molecular complexity index is 563. The summed E-state index contributed by atoms with van der Waals surface area (Å²) in [6.45, 7) is 0. The van der Waals surface area contributed by atoms with Crippen molar-refractivity contribution < 1.29 is 9.84 Å². The van der Waals surface area contributed by atoms with E-state index in [9.17, 15) is 5.11 Å². The maximum Gasteiger partial charge on any atom is 0.122 e. The smallest absolute Gasteiger partial charge is 0.122 e. The van der Waals surface area contributed by atoms with Gasteiger partial charge in [0.1, 0.15) is 5.75 Å². The average molecular weight is 254 g/mol. The SMILES string of the molecule is COc1cccc2c1CC[C@H](c1ccccc1)[C@@H]2O. The summed E-state index contributed by atoms with van der Waals surface area (Å²) in [4.78, 5) is 0. The molecule has 2 heteroatoms. The van der Waals surface area contributed by atoms with Gasteiger partial charge in [0.2, 0.25) is 0 Å². The lowest BCUT2D eigenvalue weighted by Crippen LogP contribution is -2.19. The molecule has 0 spiro atoms. The van der Waals surface area contributed by atoms with Crippen molar-refractivity contribution in [3.8, 4) is 5.75 Å². The number of hydrogen-bond donors (Lipinski definition) is 1. The zero-order valence-corrected chi connectivity index (χ0v) is 11.0. The summed E-state index contributed by atoms with van der Waals surface area (Å²) < 4.78 is 5.39. The quantitative estimate of drug-likeness (QED) is 0.889. The van der Waals surface area contributed by atoms with Crippen molar-refractivity contribution in [3.63, 3.8) is 0 Å². The molecule has 0 aromatic heterocycles. The van der Waals surface area contributed by atoms with Crippen LogP contribution in [0.2, 0.25) is 0 Å². The van der Waals surface area contributed by atoms with Crippen LogP contribution in [0.25, 0.3) is 0 Å². The van der Waals surface area contributed by atoms with Crippen molar-refractivity contribution >= 4 is 0 Å². The monoisotopic (exact) mass is 254 g/mol. The fourth-order valence-corrected chi connectivity index (χ4v) is 3.04. The molecule has 0 radical (unpaired) electrons. The fourth-order valence-electron chi connectivity index (χ4n) is 3.04. The molecule has 0 saturated carbocycles. The summed E-state index contributed by atoms with van der Waals surface area (Å²) in [5.41, 5.74) is 3.38. The molecule has 1 aliphatic carbocycles. The van der Waals surface area contributed by atoms with Gasteiger partial charge in [0.25, 0.3) is 0 Å². The van der Waals surface area contributed by atoms with Crippen molar-refractivity contribution in [3.05, 3.63) is 65.2 Å². The predicted molar refractivity (Wildman–Crippen MR) is 75.5 cm³/mol. The highest BCUT2D eigenvalue weighted by Crippen LogP contribution is 2.43. The van der Waals surface area contributed by atoms with Crippen LogP contribution >= 0.6 is 0 Å². The molecule has 0 unspecified atom stereocenters. The zero-order chi connectivity index (χ0) is 13.2. The van der Waals surface area contributed by atoms with Crippen LogP contribution < -0.4 is 4.74 Å². The number of aliphatic hydroxyl groups excluding tert-OH is 1. The van der Waals surface area contributed by atoms with Crippen LogP contribution in [0.5, 0.6) is 5.75 Å². The Labute approximate surface area is 113 Å². The highest BCUT2D eigenvalue weighted by molar-refractivity contribution is 5.45. The highest BCUT2D eigenvalue weighted by Gasteiger charge is 2.30. The molecule has 0 heterocycles. The van der Waals surface area contributed by atoms with Crippen LogP contribution in [0, 0.1) is 0 Å². The first-order valence-electron chi connectivity index (χ1n) is 6.70. The van der Waals surface area contributed by atoms with E-state index in [0.717, 1.165) is 29.7 Å². The van der Waals surface area contributed by atoms with E-state index in [1.54, 1.807) is 7.11 Å². The number of ether oxygens (including phenoxy) is 1. The number of rotatable bonds is 2. The van der Waals surface area contributed by atoms with Gasteiger partial charge >= 0.3 is 0 Å². The van der Waals surface area contributed by atoms with Gasteiger partial charge in [0, 0.05) is 5.92 Å². The van der Waals surface area contributed by atoms with Crippen molar-refractivity contribution in [2.75, 3.05) is 7.11 Å². The topological polar surface area (TPSA) is 29.5 Å². The molecule has 3 rings (SSSR count). The van der Waals surface area contributed by atoms with Crippen LogP contribution in [0.4, 0.5) is 0 Å². The van der Waals surface area contributed by atoms with E-state index in [2.05, 4.69) is 12.1 Å². The minimum atomic E-state index is -0.443. The first-order chi connectivity index (χ1) is 9.31. The van der Waals surface area contributed by atoms with Gasteiger partial charge < -0.3 is 9.84 Å². The lowest BCUT2D eigenvalue weighted by atomic mass is 9.77. The third-order valence-corrected chi connectivity index (χ3v) is 4.02. The molecule has 19 heavy (non-hydrogen) atoms. The van der Waals surface area contributed by atoms with Crippen molar-refractivity contribution in [1.82, 2.24) is 0 Å². The summed E-state index contributed by atoms with van der Waals surface area (Å²) in [5.74, 6) is 1.07. The zero-order valence-electron chi connectivity index (χ0n) is 11.0. The summed E-state index contributed by atoms with van der Waals surface area (Å²) in [5, 5.41) is 10.6. The molecule has 2 aromatic rings. The van der Waals surface area contributed by atoms with E-state index >= 15 is 0 Å². The second-order valence-corrected chi connectivity index (χ2v) is 5.03. The highest BCUT2D eigenvalue weighted by atomic mass is 16.5. The van der Waals surface area contributed by atoms with Gasteiger partial charge in [-0.25, -0.2) is 0 Å². The number of aliphatic hydroxyl groups is 1. The molecule has 2 aromatic carbocycles. The van der Waals surface area contributed by atoms with Crippen molar-refractivity contribution in [1.29, 1.82) is 0 Å². The second-order valence-electron chi connectivity index (χ2n) is 5.03. The maximum absolute atomic E-state index is 10.6. The minimum absolute atomic E-state index is 0.181. The Morgan fingerprint density at radius 1 is 1.05 bits per heavy atom. The normalized spacial score (nSPS) is 21.8. The van der Waals surface area contributed by atoms with E-state index in [1.165, 1.54) is 5.56 Å². The first-order valence-corrected chi connectivity index (χ1v) is 6.70.